The van der Waals surface area contributed by atoms with Gasteiger partial charge < -0.3 is 5.32 Å². The van der Waals surface area contributed by atoms with Gasteiger partial charge in [-0.3, -0.25) is 9.78 Å². The molecule has 6 nitrogen and oxygen atoms in total. The third kappa shape index (κ3) is 3.78. The number of nitrogens with zero attached hydrogens (tertiary/aromatic N) is 4. The van der Waals surface area contributed by atoms with Crippen LogP contribution in [0.2, 0.25) is 0 Å². The van der Waals surface area contributed by atoms with Crippen molar-refractivity contribution in [2.24, 2.45) is 0 Å². The van der Waals surface area contributed by atoms with E-state index in [4.69, 9.17) is 0 Å². The summed E-state index contributed by atoms with van der Waals surface area (Å²) in [6.07, 6.45) is 8.67. The number of hydrogen-bond donors (Lipinski definition) is 1. The summed E-state index contributed by atoms with van der Waals surface area (Å²) in [6.45, 7) is 0. The summed E-state index contributed by atoms with van der Waals surface area (Å²) < 4.78 is 2.48. The van der Waals surface area contributed by atoms with Crippen LogP contribution in [-0.2, 0) is 0 Å². The molecule has 3 heterocycles. The molecule has 0 fully saturated rings. The second kappa shape index (κ2) is 7.51. The molecule has 0 aliphatic rings. The third-order valence-electron chi connectivity index (χ3n) is 3.91. The lowest BCUT2D eigenvalue weighted by atomic mass is 10.2. The zero-order valence-corrected chi connectivity index (χ0v) is 15.7. The minimum absolute atomic E-state index is 0.255. The van der Waals surface area contributed by atoms with E-state index in [1.807, 2.05) is 42.6 Å². The number of carbonyl (C=O) groups is 1. The van der Waals surface area contributed by atoms with Crippen molar-refractivity contribution in [3.8, 4) is 16.9 Å². The Morgan fingerprint density at radius 2 is 1.89 bits per heavy atom. The van der Waals surface area contributed by atoms with Crippen molar-refractivity contribution in [1.82, 2.24) is 19.7 Å². The highest BCUT2D eigenvalue weighted by molar-refractivity contribution is 9.10. The molecule has 1 aromatic carbocycles. The van der Waals surface area contributed by atoms with Gasteiger partial charge in [-0.05, 0) is 36.4 Å². The Morgan fingerprint density at radius 1 is 1.00 bits per heavy atom. The Bertz CT molecular complexity index is 1090. The van der Waals surface area contributed by atoms with Crippen LogP contribution in [0.1, 0.15) is 10.4 Å². The first-order valence-corrected chi connectivity index (χ1v) is 8.97. The zero-order chi connectivity index (χ0) is 18.6. The molecular formula is C20H14BrN5O. The summed E-state index contributed by atoms with van der Waals surface area (Å²) in [5.41, 5.74) is 2.96. The summed E-state index contributed by atoms with van der Waals surface area (Å²) in [5, 5.41) is 7.25. The Balaban J connectivity index is 1.65. The van der Waals surface area contributed by atoms with Crippen molar-refractivity contribution in [2.45, 2.75) is 0 Å². The maximum atomic E-state index is 12.8. The van der Waals surface area contributed by atoms with E-state index in [1.54, 1.807) is 41.6 Å². The van der Waals surface area contributed by atoms with E-state index < -0.39 is 0 Å². The van der Waals surface area contributed by atoms with Crippen molar-refractivity contribution in [1.29, 1.82) is 0 Å². The Hall–Kier alpha value is -3.32. The predicted octanol–water partition coefficient (Wildman–Crippen LogP) is 4.34. The van der Waals surface area contributed by atoms with Gasteiger partial charge in [-0.15, -0.1) is 0 Å². The zero-order valence-electron chi connectivity index (χ0n) is 14.1. The number of anilines is 1. The highest BCUT2D eigenvalue weighted by Crippen LogP contribution is 2.21. The summed E-state index contributed by atoms with van der Waals surface area (Å²) in [6, 6.07) is 14.7. The van der Waals surface area contributed by atoms with Gasteiger partial charge in [0.1, 0.15) is 0 Å². The Labute approximate surface area is 164 Å². The van der Waals surface area contributed by atoms with Crippen molar-refractivity contribution >= 4 is 27.5 Å². The number of aromatic nitrogens is 4. The molecule has 132 valence electrons. The van der Waals surface area contributed by atoms with E-state index in [0.717, 1.165) is 15.6 Å². The van der Waals surface area contributed by atoms with Crippen LogP contribution in [0.15, 0.2) is 84.0 Å². The first-order chi connectivity index (χ1) is 13.2. The smallest absolute Gasteiger partial charge is 0.259 e. The largest absolute Gasteiger partial charge is 0.322 e. The first-order valence-electron chi connectivity index (χ1n) is 8.18. The number of nitrogens with one attached hydrogen (secondary N) is 1. The lowest BCUT2D eigenvalue weighted by molar-refractivity contribution is 0.102. The van der Waals surface area contributed by atoms with Gasteiger partial charge in [0.15, 0.2) is 5.82 Å². The van der Waals surface area contributed by atoms with Crippen LogP contribution < -0.4 is 5.32 Å². The fraction of sp³-hybridized carbons (Fsp3) is 0. The standard InChI is InChI=1S/C20H14BrN5O/c21-16-5-1-6-17(10-16)25-20(27)18-7-3-9-23-19(18)26-13-15(12-24-26)14-4-2-8-22-11-14/h1-13H,(H,25,27). The van der Waals surface area contributed by atoms with E-state index in [-0.39, 0.29) is 5.91 Å². The third-order valence-corrected chi connectivity index (χ3v) is 4.40. The number of hydrogen-bond acceptors (Lipinski definition) is 4. The lowest BCUT2D eigenvalue weighted by Gasteiger charge is -2.09. The van der Waals surface area contributed by atoms with Gasteiger partial charge in [-0.1, -0.05) is 28.1 Å². The fourth-order valence-electron chi connectivity index (χ4n) is 2.64. The molecule has 1 N–H and O–H groups in total. The molecule has 0 aliphatic carbocycles. The minimum Gasteiger partial charge on any atom is -0.322 e. The van der Waals surface area contributed by atoms with Gasteiger partial charge in [0.05, 0.1) is 11.8 Å². The molecule has 0 aliphatic heterocycles. The number of benzene rings is 1. The lowest BCUT2D eigenvalue weighted by Crippen LogP contribution is -2.16. The second-order valence-corrected chi connectivity index (χ2v) is 6.67. The van der Waals surface area contributed by atoms with Crippen LogP contribution >= 0.6 is 15.9 Å². The normalized spacial score (nSPS) is 10.6. The number of rotatable bonds is 4. The molecule has 0 spiro atoms. The molecule has 27 heavy (non-hydrogen) atoms. The molecule has 0 saturated carbocycles. The van der Waals surface area contributed by atoms with Crippen molar-refractivity contribution in [3.63, 3.8) is 0 Å². The molecule has 0 atom stereocenters. The van der Waals surface area contributed by atoms with E-state index in [9.17, 15) is 4.79 Å². The van der Waals surface area contributed by atoms with Crippen LogP contribution in [0.5, 0.6) is 0 Å². The average Bonchev–Trinajstić information content (AvgIpc) is 3.19. The molecule has 3 aromatic heterocycles. The van der Waals surface area contributed by atoms with Gasteiger partial charge in [-0.2, -0.15) is 5.10 Å². The van der Waals surface area contributed by atoms with Gasteiger partial charge in [-0.25, -0.2) is 9.67 Å². The maximum absolute atomic E-state index is 12.8. The Morgan fingerprint density at radius 3 is 2.70 bits per heavy atom. The van der Waals surface area contributed by atoms with Crippen molar-refractivity contribution in [2.75, 3.05) is 5.32 Å². The average molecular weight is 420 g/mol. The molecule has 1 amide bonds. The van der Waals surface area contributed by atoms with Gasteiger partial charge in [0, 0.05) is 46.1 Å². The second-order valence-electron chi connectivity index (χ2n) is 5.75. The number of carbonyl (C=O) groups excluding carboxylic acids is 1. The van der Waals surface area contributed by atoms with Gasteiger partial charge >= 0.3 is 0 Å². The molecule has 7 heteroatoms. The van der Waals surface area contributed by atoms with E-state index in [1.165, 1.54) is 0 Å². The predicted molar refractivity (Wildman–Crippen MR) is 107 cm³/mol. The quantitative estimate of drug-likeness (QED) is 0.533. The topological polar surface area (TPSA) is 72.7 Å². The molecule has 0 saturated heterocycles. The summed E-state index contributed by atoms with van der Waals surface area (Å²) >= 11 is 3.40. The summed E-state index contributed by atoms with van der Waals surface area (Å²) in [5.74, 6) is 0.203. The minimum atomic E-state index is -0.255. The van der Waals surface area contributed by atoms with Crippen molar-refractivity contribution < 1.29 is 4.79 Å². The van der Waals surface area contributed by atoms with Crippen LogP contribution in [-0.4, -0.2) is 25.7 Å². The summed E-state index contributed by atoms with van der Waals surface area (Å²) in [4.78, 5) is 21.3. The van der Waals surface area contributed by atoms with E-state index >= 15 is 0 Å². The number of pyridine rings is 2. The maximum Gasteiger partial charge on any atom is 0.259 e. The highest BCUT2D eigenvalue weighted by atomic mass is 79.9. The SMILES string of the molecule is O=C(Nc1cccc(Br)c1)c1cccnc1-n1cc(-c2cccnc2)cn1. The van der Waals surface area contributed by atoms with Crippen LogP contribution in [0, 0.1) is 0 Å². The van der Waals surface area contributed by atoms with E-state index in [2.05, 4.69) is 36.3 Å². The molecular weight excluding hydrogens is 406 g/mol. The van der Waals surface area contributed by atoms with Crippen LogP contribution in [0.4, 0.5) is 5.69 Å². The number of amides is 1. The van der Waals surface area contributed by atoms with Crippen LogP contribution in [0.3, 0.4) is 0 Å². The fourth-order valence-corrected chi connectivity index (χ4v) is 3.04. The molecule has 4 aromatic rings. The molecule has 0 radical (unpaired) electrons. The molecule has 4 rings (SSSR count). The monoisotopic (exact) mass is 419 g/mol. The number of halogens is 1. The van der Waals surface area contributed by atoms with Gasteiger partial charge in [0.2, 0.25) is 0 Å². The highest BCUT2D eigenvalue weighted by Gasteiger charge is 2.15. The summed E-state index contributed by atoms with van der Waals surface area (Å²) in [7, 11) is 0. The van der Waals surface area contributed by atoms with Gasteiger partial charge in [0.25, 0.3) is 5.91 Å². The van der Waals surface area contributed by atoms with Crippen LogP contribution in [0.25, 0.3) is 16.9 Å². The Kier molecular flexibility index (Phi) is 4.76. The first kappa shape index (κ1) is 17.1. The molecule has 0 unspecified atom stereocenters. The van der Waals surface area contributed by atoms with Crippen molar-refractivity contribution in [3.05, 3.63) is 89.6 Å². The van der Waals surface area contributed by atoms with E-state index in [0.29, 0.717) is 17.1 Å². The molecule has 0 bridgehead atoms.